The summed E-state index contributed by atoms with van der Waals surface area (Å²) in [5, 5.41) is 0.402. The molecule has 0 aromatic heterocycles. The van der Waals surface area contributed by atoms with Crippen LogP contribution in [0.3, 0.4) is 0 Å². The maximum Gasteiger partial charge on any atom is 0.256 e. The molecule has 140 valence electrons. The van der Waals surface area contributed by atoms with Crippen molar-refractivity contribution in [3.63, 3.8) is 0 Å². The summed E-state index contributed by atoms with van der Waals surface area (Å²) >= 11 is 6.26. The third-order valence-electron chi connectivity index (χ3n) is 5.22. The second-order valence-corrected chi connectivity index (χ2v) is 7.25. The van der Waals surface area contributed by atoms with Crippen molar-refractivity contribution in [1.29, 1.82) is 0 Å². The van der Waals surface area contributed by atoms with E-state index in [0.717, 1.165) is 11.1 Å². The Labute approximate surface area is 163 Å². The van der Waals surface area contributed by atoms with E-state index in [9.17, 15) is 9.59 Å². The van der Waals surface area contributed by atoms with E-state index in [2.05, 4.69) is 0 Å². The van der Waals surface area contributed by atoms with E-state index in [-0.39, 0.29) is 11.8 Å². The maximum atomic E-state index is 13.3. The highest BCUT2D eigenvalue weighted by Gasteiger charge is 2.37. The predicted octanol–water partition coefficient (Wildman–Crippen LogP) is 2.77. The lowest BCUT2D eigenvalue weighted by atomic mass is 9.92. The maximum absolute atomic E-state index is 13.3. The van der Waals surface area contributed by atoms with E-state index in [1.54, 1.807) is 34.1 Å². The second-order valence-electron chi connectivity index (χ2n) is 6.84. The van der Waals surface area contributed by atoms with Gasteiger partial charge >= 0.3 is 0 Å². The minimum atomic E-state index is -0.526. The van der Waals surface area contributed by atoms with Gasteiger partial charge in [0.05, 0.1) is 23.8 Å². The first-order valence-electron chi connectivity index (χ1n) is 9.14. The highest BCUT2D eigenvalue weighted by atomic mass is 35.5. The summed E-state index contributed by atoms with van der Waals surface area (Å²) in [5.74, 6) is -0.227. The van der Waals surface area contributed by atoms with Crippen LogP contribution in [0.2, 0.25) is 5.02 Å². The van der Waals surface area contributed by atoms with Gasteiger partial charge in [0.2, 0.25) is 5.91 Å². The number of carbonyl (C=O) groups excluding carboxylic acids is 2. The molecule has 0 aliphatic carbocycles. The fourth-order valence-corrected chi connectivity index (χ4v) is 3.96. The molecule has 27 heavy (non-hydrogen) atoms. The SMILES string of the molecule is O=C(C1Cc2ccccc2CN1C(=O)c1ccccc1Cl)N1CCOCC1. The summed E-state index contributed by atoms with van der Waals surface area (Å²) < 4.78 is 5.36. The zero-order chi connectivity index (χ0) is 18.8. The van der Waals surface area contributed by atoms with Crippen molar-refractivity contribution in [2.45, 2.75) is 19.0 Å². The largest absolute Gasteiger partial charge is 0.378 e. The Balaban J connectivity index is 1.68. The number of hydrogen-bond donors (Lipinski definition) is 0. The molecule has 1 fully saturated rings. The predicted molar refractivity (Wildman–Crippen MR) is 103 cm³/mol. The van der Waals surface area contributed by atoms with Gasteiger partial charge in [-0.3, -0.25) is 9.59 Å². The summed E-state index contributed by atoms with van der Waals surface area (Å²) in [7, 11) is 0. The highest BCUT2D eigenvalue weighted by molar-refractivity contribution is 6.33. The Hall–Kier alpha value is -2.37. The topological polar surface area (TPSA) is 49.9 Å². The molecule has 0 radical (unpaired) electrons. The van der Waals surface area contributed by atoms with Crippen LogP contribution in [0.15, 0.2) is 48.5 Å². The Morgan fingerprint density at radius 1 is 0.963 bits per heavy atom. The lowest BCUT2D eigenvalue weighted by molar-refractivity contribution is -0.140. The molecule has 2 aromatic carbocycles. The molecule has 0 saturated carbocycles. The molecule has 1 saturated heterocycles. The third-order valence-corrected chi connectivity index (χ3v) is 5.55. The first-order chi connectivity index (χ1) is 13.1. The van der Waals surface area contributed by atoms with Crippen molar-refractivity contribution in [2.75, 3.05) is 26.3 Å². The van der Waals surface area contributed by atoms with Crippen LogP contribution >= 0.6 is 11.6 Å². The summed E-state index contributed by atoms with van der Waals surface area (Å²) in [6.07, 6.45) is 0.516. The first kappa shape index (κ1) is 18.0. The number of morpholine rings is 1. The average Bonchev–Trinajstić information content (AvgIpc) is 2.73. The van der Waals surface area contributed by atoms with Crippen LogP contribution in [-0.4, -0.2) is 54.0 Å². The van der Waals surface area contributed by atoms with Crippen LogP contribution in [0.1, 0.15) is 21.5 Å². The molecule has 2 amide bonds. The van der Waals surface area contributed by atoms with Crippen LogP contribution in [0.4, 0.5) is 0 Å². The van der Waals surface area contributed by atoms with Crippen molar-refractivity contribution >= 4 is 23.4 Å². The van der Waals surface area contributed by atoms with Gasteiger partial charge in [0.1, 0.15) is 6.04 Å². The molecule has 2 aromatic rings. The highest BCUT2D eigenvalue weighted by Crippen LogP contribution is 2.28. The molecule has 2 heterocycles. The van der Waals surface area contributed by atoms with Gasteiger partial charge in [0.15, 0.2) is 0 Å². The number of rotatable bonds is 2. The monoisotopic (exact) mass is 384 g/mol. The normalized spacial score (nSPS) is 19.5. The van der Waals surface area contributed by atoms with Gasteiger partial charge in [-0.05, 0) is 23.3 Å². The number of halogens is 1. The summed E-state index contributed by atoms with van der Waals surface area (Å²) in [5.41, 5.74) is 2.62. The molecular formula is C21H21ClN2O3. The fraction of sp³-hybridized carbons (Fsp3) is 0.333. The number of benzene rings is 2. The number of fused-ring (bicyclic) bond motifs is 1. The van der Waals surface area contributed by atoms with Crippen LogP contribution < -0.4 is 0 Å². The van der Waals surface area contributed by atoms with Gasteiger partial charge in [-0.15, -0.1) is 0 Å². The number of nitrogens with zero attached hydrogens (tertiary/aromatic N) is 2. The number of carbonyl (C=O) groups is 2. The van der Waals surface area contributed by atoms with Crippen molar-refractivity contribution in [2.24, 2.45) is 0 Å². The molecule has 4 rings (SSSR count). The van der Waals surface area contributed by atoms with Gasteiger partial charge in [-0.25, -0.2) is 0 Å². The lowest BCUT2D eigenvalue weighted by Gasteiger charge is -2.39. The van der Waals surface area contributed by atoms with Crippen molar-refractivity contribution in [3.8, 4) is 0 Å². The van der Waals surface area contributed by atoms with Crippen molar-refractivity contribution in [1.82, 2.24) is 9.80 Å². The van der Waals surface area contributed by atoms with Crippen LogP contribution in [0, 0.1) is 0 Å². The van der Waals surface area contributed by atoms with Gasteiger partial charge in [0.25, 0.3) is 5.91 Å². The Kier molecular flexibility index (Phi) is 5.14. The van der Waals surface area contributed by atoms with Crippen LogP contribution in [-0.2, 0) is 22.5 Å². The minimum Gasteiger partial charge on any atom is -0.378 e. The standard InChI is InChI=1S/C21H21ClN2O3/c22-18-8-4-3-7-17(18)20(25)24-14-16-6-2-1-5-15(16)13-19(24)21(26)23-9-11-27-12-10-23/h1-8,19H,9-14H2. The Morgan fingerprint density at radius 2 is 1.63 bits per heavy atom. The van der Waals surface area contributed by atoms with Crippen molar-refractivity contribution < 1.29 is 14.3 Å². The van der Waals surface area contributed by atoms with Crippen LogP contribution in [0.25, 0.3) is 0 Å². The lowest BCUT2D eigenvalue weighted by Crippen LogP contribution is -2.55. The minimum absolute atomic E-state index is 0.0202. The van der Waals surface area contributed by atoms with Gasteiger partial charge in [-0.2, -0.15) is 0 Å². The molecule has 2 aliphatic heterocycles. The number of hydrogen-bond acceptors (Lipinski definition) is 3. The molecule has 0 spiro atoms. The van der Waals surface area contributed by atoms with Crippen molar-refractivity contribution in [3.05, 3.63) is 70.2 Å². The van der Waals surface area contributed by atoms with E-state index in [4.69, 9.17) is 16.3 Å². The van der Waals surface area contributed by atoms with E-state index in [0.29, 0.717) is 49.9 Å². The average molecular weight is 385 g/mol. The Morgan fingerprint density at radius 3 is 2.37 bits per heavy atom. The zero-order valence-electron chi connectivity index (χ0n) is 14.9. The molecule has 6 heteroatoms. The van der Waals surface area contributed by atoms with Gasteiger partial charge in [0, 0.05) is 26.1 Å². The summed E-state index contributed by atoms with van der Waals surface area (Å²) in [6.45, 7) is 2.60. The molecule has 1 atom stereocenters. The Bertz CT molecular complexity index is 864. The molecular weight excluding hydrogens is 364 g/mol. The summed E-state index contributed by atoms with van der Waals surface area (Å²) in [4.78, 5) is 30.0. The summed E-state index contributed by atoms with van der Waals surface area (Å²) in [6, 6.07) is 14.4. The van der Waals surface area contributed by atoms with E-state index in [1.165, 1.54) is 0 Å². The third kappa shape index (κ3) is 3.57. The molecule has 5 nitrogen and oxygen atoms in total. The van der Waals surface area contributed by atoms with Gasteiger partial charge < -0.3 is 14.5 Å². The van der Waals surface area contributed by atoms with Gasteiger partial charge in [-0.1, -0.05) is 48.0 Å². The number of amides is 2. The van der Waals surface area contributed by atoms with E-state index in [1.807, 2.05) is 24.3 Å². The second kappa shape index (κ2) is 7.71. The van der Waals surface area contributed by atoms with E-state index < -0.39 is 6.04 Å². The zero-order valence-corrected chi connectivity index (χ0v) is 15.7. The van der Waals surface area contributed by atoms with Crippen LogP contribution in [0.5, 0.6) is 0 Å². The molecule has 0 N–H and O–H groups in total. The first-order valence-corrected chi connectivity index (χ1v) is 9.52. The molecule has 1 unspecified atom stereocenters. The fourth-order valence-electron chi connectivity index (χ4n) is 3.74. The van der Waals surface area contributed by atoms with E-state index >= 15 is 0 Å². The number of ether oxygens (including phenoxy) is 1. The molecule has 0 bridgehead atoms. The smallest absolute Gasteiger partial charge is 0.256 e. The quantitative estimate of drug-likeness (QED) is 0.800. The molecule has 2 aliphatic rings.